The van der Waals surface area contributed by atoms with Crippen LogP contribution in [0.5, 0.6) is 0 Å². The van der Waals surface area contributed by atoms with E-state index in [1.807, 2.05) is 13.8 Å². The van der Waals surface area contributed by atoms with Crippen molar-refractivity contribution >= 4 is 0 Å². The fraction of sp³-hybridized carbons (Fsp3) is 0.800. The summed E-state index contributed by atoms with van der Waals surface area (Å²) >= 11 is 0. The van der Waals surface area contributed by atoms with Gasteiger partial charge >= 0.3 is 0 Å². The predicted octanol–water partition coefficient (Wildman–Crippen LogP) is 1.16. The van der Waals surface area contributed by atoms with Gasteiger partial charge in [0, 0.05) is 13.0 Å². The lowest BCUT2D eigenvalue weighted by Gasteiger charge is -2.09. The van der Waals surface area contributed by atoms with E-state index >= 15 is 0 Å². The fourth-order valence-electron chi connectivity index (χ4n) is 0.713. The number of hydrogen-bond acceptors (Lipinski definition) is 3. The molecule has 0 amide bonds. The monoisotopic (exact) mass is 186 g/mol. The van der Waals surface area contributed by atoms with Crippen molar-refractivity contribution in [2.24, 2.45) is 0 Å². The maximum atomic E-state index is 8.88. The second-order valence-electron chi connectivity index (χ2n) is 2.74. The molecule has 1 unspecified atom stereocenters. The molecule has 2 atom stereocenters. The van der Waals surface area contributed by atoms with Crippen LogP contribution in [-0.2, 0) is 9.47 Å². The van der Waals surface area contributed by atoms with E-state index in [1.165, 1.54) is 0 Å². The standard InChI is InChI=1S/C10H18O3/c1-4-12-10(3)13-8-6-5-7-9(2)11/h9-11H,4,7-8H2,1-3H3/t9-,10?/m1/s1. The SMILES string of the molecule is CCOC(C)OCC#CC[C@@H](C)O. The highest BCUT2D eigenvalue weighted by molar-refractivity contribution is 4.99. The minimum atomic E-state index is -0.364. The van der Waals surface area contributed by atoms with Crippen LogP contribution < -0.4 is 0 Å². The molecule has 0 aliphatic rings. The highest BCUT2D eigenvalue weighted by atomic mass is 16.7. The summed E-state index contributed by atoms with van der Waals surface area (Å²) in [5.41, 5.74) is 0. The summed E-state index contributed by atoms with van der Waals surface area (Å²) in [5, 5.41) is 8.88. The van der Waals surface area contributed by atoms with E-state index in [4.69, 9.17) is 14.6 Å². The number of rotatable bonds is 5. The van der Waals surface area contributed by atoms with Gasteiger partial charge in [-0.3, -0.25) is 0 Å². The number of ether oxygens (including phenoxy) is 2. The molecule has 0 spiro atoms. The van der Waals surface area contributed by atoms with Crippen molar-refractivity contribution in [1.82, 2.24) is 0 Å². The molecule has 0 saturated carbocycles. The van der Waals surface area contributed by atoms with Gasteiger partial charge in [-0.15, -0.1) is 0 Å². The molecule has 0 aliphatic heterocycles. The molecule has 3 heteroatoms. The first-order chi connectivity index (χ1) is 6.16. The Morgan fingerprint density at radius 2 is 1.92 bits per heavy atom. The third-order valence-electron chi connectivity index (χ3n) is 1.31. The van der Waals surface area contributed by atoms with Crippen molar-refractivity contribution < 1.29 is 14.6 Å². The third kappa shape index (κ3) is 9.35. The van der Waals surface area contributed by atoms with E-state index < -0.39 is 0 Å². The van der Waals surface area contributed by atoms with Gasteiger partial charge in [0.25, 0.3) is 0 Å². The molecule has 0 saturated heterocycles. The van der Waals surface area contributed by atoms with Gasteiger partial charge < -0.3 is 14.6 Å². The molecule has 0 rings (SSSR count). The minimum absolute atomic E-state index is 0.203. The summed E-state index contributed by atoms with van der Waals surface area (Å²) < 4.78 is 10.3. The average Bonchev–Trinajstić information content (AvgIpc) is 2.03. The first kappa shape index (κ1) is 12.4. The largest absolute Gasteiger partial charge is 0.392 e. The molecule has 13 heavy (non-hydrogen) atoms. The summed E-state index contributed by atoms with van der Waals surface area (Å²) in [6.45, 7) is 6.45. The van der Waals surface area contributed by atoms with Crippen LogP contribution >= 0.6 is 0 Å². The maximum absolute atomic E-state index is 8.88. The van der Waals surface area contributed by atoms with Gasteiger partial charge in [0.15, 0.2) is 6.29 Å². The Bertz CT molecular complexity index is 167. The van der Waals surface area contributed by atoms with Gasteiger partial charge in [-0.2, -0.15) is 0 Å². The molecule has 0 bridgehead atoms. The van der Waals surface area contributed by atoms with Gasteiger partial charge in [0.05, 0.1) is 6.10 Å². The Hall–Kier alpha value is -0.560. The smallest absolute Gasteiger partial charge is 0.156 e. The van der Waals surface area contributed by atoms with Crippen molar-refractivity contribution in [2.75, 3.05) is 13.2 Å². The first-order valence-corrected chi connectivity index (χ1v) is 4.53. The zero-order valence-corrected chi connectivity index (χ0v) is 8.54. The Labute approximate surface area is 80.0 Å². The summed E-state index contributed by atoms with van der Waals surface area (Å²) in [4.78, 5) is 0. The van der Waals surface area contributed by atoms with Crippen LogP contribution in [0.4, 0.5) is 0 Å². The fourth-order valence-corrected chi connectivity index (χ4v) is 0.713. The molecular formula is C10H18O3. The molecule has 1 N–H and O–H groups in total. The molecule has 0 aromatic carbocycles. The number of aliphatic hydroxyl groups is 1. The molecule has 0 aromatic rings. The quantitative estimate of drug-likeness (QED) is 0.517. The Kier molecular flexibility index (Phi) is 7.71. The van der Waals surface area contributed by atoms with Crippen LogP contribution in [0, 0.1) is 11.8 Å². The van der Waals surface area contributed by atoms with Gasteiger partial charge in [0.1, 0.15) is 6.61 Å². The summed E-state index contributed by atoms with van der Waals surface area (Å²) in [6, 6.07) is 0. The topological polar surface area (TPSA) is 38.7 Å². The zero-order chi connectivity index (χ0) is 10.1. The number of hydrogen-bond donors (Lipinski definition) is 1. The van der Waals surface area contributed by atoms with Crippen LogP contribution in [0.2, 0.25) is 0 Å². The molecule has 0 fully saturated rings. The highest BCUT2D eigenvalue weighted by Crippen LogP contribution is 1.91. The second-order valence-corrected chi connectivity index (χ2v) is 2.74. The van der Waals surface area contributed by atoms with Crippen LogP contribution in [0.15, 0.2) is 0 Å². The Morgan fingerprint density at radius 1 is 1.23 bits per heavy atom. The summed E-state index contributed by atoms with van der Waals surface area (Å²) in [7, 11) is 0. The molecule has 0 aliphatic carbocycles. The molecular weight excluding hydrogens is 168 g/mol. The Balaban J connectivity index is 3.36. The van der Waals surface area contributed by atoms with Crippen LogP contribution in [-0.4, -0.2) is 30.7 Å². The number of aliphatic hydroxyl groups excluding tert-OH is 1. The van der Waals surface area contributed by atoms with E-state index in [1.54, 1.807) is 6.92 Å². The summed E-state index contributed by atoms with van der Waals surface area (Å²) in [6.07, 6.45) is -0.0745. The lowest BCUT2D eigenvalue weighted by molar-refractivity contribution is -0.117. The van der Waals surface area contributed by atoms with Crippen LogP contribution in [0.25, 0.3) is 0 Å². The predicted molar refractivity (Wildman–Crippen MR) is 51.1 cm³/mol. The van der Waals surface area contributed by atoms with Crippen molar-refractivity contribution in [3.8, 4) is 11.8 Å². The van der Waals surface area contributed by atoms with Crippen molar-refractivity contribution in [2.45, 2.75) is 39.6 Å². The van der Waals surface area contributed by atoms with Gasteiger partial charge in [-0.25, -0.2) is 0 Å². The van der Waals surface area contributed by atoms with Crippen molar-refractivity contribution in [3.63, 3.8) is 0 Å². The maximum Gasteiger partial charge on any atom is 0.156 e. The molecule has 0 aromatic heterocycles. The average molecular weight is 186 g/mol. The minimum Gasteiger partial charge on any atom is -0.392 e. The second kappa shape index (κ2) is 8.06. The highest BCUT2D eigenvalue weighted by Gasteiger charge is 1.96. The molecule has 76 valence electrons. The molecule has 0 heterocycles. The normalized spacial score (nSPS) is 14.5. The van der Waals surface area contributed by atoms with Crippen molar-refractivity contribution in [1.29, 1.82) is 0 Å². The van der Waals surface area contributed by atoms with Gasteiger partial charge in [-0.05, 0) is 20.8 Å². The van der Waals surface area contributed by atoms with E-state index in [2.05, 4.69) is 11.8 Å². The van der Waals surface area contributed by atoms with Crippen LogP contribution in [0.3, 0.4) is 0 Å². The molecule has 3 nitrogen and oxygen atoms in total. The van der Waals surface area contributed by atoms with Gasteiger partial charge in [0.2, 0.25) is 0 Å². The van der Waals surface area contributed by atoms with E-state index in [0.29, 0.717) is 19.6 Å². The Morgan fingerprint density at radius 3 is 2.46 bits per heavy atom. The van der Waals surface area contributed by atoms with E-state index in [9.17, 15) is 0 Å². The molecule has 0 radical (unpaired) electrons. The third-order valence-corrected chi connectivity index (χ3v) is 1.31. The van der Waals surface area contributed by atoms with Crippen molar-refractivity contribution in [3.05, 3.63) is 0 Å². The summed E-state index contributed by atoms with van der Waals surface area (Å²) in [5.74, 6) is 5.60. The van der Waals surface area contributed by atoms with Gasteiger partial charge in [-0.1, -0.05) is 11.8 Å². The van der Waals surface area contributed by atoms with E-state index in [-0.39, 0.29) is 12.4 Å². The lowest BCUT2D eigenvalue weighted by Crippen LogP contribution is -2.12. The zero-order valence-electron chi connectivity index (χ0n) is 8.54. The van der Waals surface area contributed by atoms with Crippen LogP contribution in [0.1, 0.15) is 27.2 Å². The first-order valence-electron chi connectivity index (χ1n) is 4.53. The van der Waals surface area contributed by atoms with E-state index in [0.717, 1.165) is 0 Å². The lowest BCUT2D eigenvalue weighted by atomic mass is 10.3.